The fourth-order valence-electron chi connectivity index (χ4n) is 2.19. The standard InChI is InChI=1S/C18H25N5O2/c1-4-25-15-8-6-14(7-9-15)22-18(24)16-12-17(21-13-20-16)19-10-5-11-23(2)3/h6-9,12-13H,4-5,10-11H2,1-3H3,(H,22,24)(H,19,20,21). The van der Waals surface area contributed by atoms with Crippen LogP contribution in [0.2, 0.25) is 0 Å². The quantitative estimate of drug-likeness (QED) is 0.681. The number of aromatic nitrogens is 2. The maximum atomic E-state index is 12.3. The second-order valence-electron chi connectivity index (χ2n) is 5.78. The molecule has 0 aliphatic rings. The third kappa shape index (κ3) is 6.39. The zero-order chi connectivity index (χ0) is 18.1. The van der Waals surface area contributed by atoms with E-state index >= 15 is 0 Å². The average Bonchev–Trinajstić information content (AvgIpc) is 2.61. The lowest BCUT2D eigenvalue weighted by atomic mass is 10.3. The van der Waals surface area contributed by atoms with Gasteiger partial charge in [0.05, 0.1) is 6.61 Å². The number of carbonyl (C=O) groups is 1. The summed E-state index contributed by atoms with van der Waals surface area (Å²) in [6, 6.07) is 8.88. The van der Waals surface area contributed by atoms with Crippen molar-refractivity contribution in [1.82, 2.24) is 14.9 Å². The summed E-state index contributed by atoms with van der Waals surface area (Å²) >= 11 is 0. The van der Waals surface area contributed by atoms with E-state index in [4.69, 9.17) is 4.74 Å². The van der Waals surface area contributed by atoms with E-state index in [9.17, 15) is 4.79 Å². The molecule has 2 N–H and O–H groups in total. The summed E-state index contributed by atoms with van der Waals surface area (Å²) in [5.74, 6) is 1.14. The smallest absolute Gasteiger partial charge is 0.274 e. The average molecular weight is 343 g/mol. The highest BCUT2D eigenvalue weighted by Gasteiger charge is 2.09. The molecule has 0 atom stereocenters. The first-order valence-corrected chi connectivity index (χ1v) is 8.33. The van der Waals surface area contributed by atoms with E-state index in [2.05, 4.69) is 25.5 Å². The third-order valence-electron chi connectivity index (χ3n) is 3.41. The van der Waals surface area contributed by atoms with Gasteiger partial charge in [-0.1, -0.05) is 0 Å². The van der Waals surface area contributed by atoms with Crippen LogP contribution in [0.1, 0.15) is 23.8 Å². The van der Waals surface area contributed by atoms with Crippen LogP contribution in [0.3, 0.4) is 0 Å². The van der Waals surface area contributed by atoms with Crippen LogP contribution in [0.5, 0.6) is 5.75 Å². The Balaban J connectivity index is 1.91. The summed E-state index contributed by atoms with van der Waals surface area (Å²) in [7, 11) is 4.07. The van der Waals surface area contributed by atoms with Gasteiger partial charge in [0.25, 0.3) is 5.91 Å². The molecule has 0 aliphatic heterocycles. The Labute approximate surface area is 148 Å². The molecule has 7 heteroatoms. The molecule has 0 aliphatic carbocycles. The van der Waals surface area contributed by atoms with Crippen molar-refractivity contribution in [2.24, 2.45) is 0 Å². The summed E-state index contributed by atoms with van der Waals surface area (Å²) in [5.41, 5.74) is 1.01. The highest BCUT2D eigenvalue weighted by atomic mass is 16.5. The van der Waals surface area contributed by atoms with Crippen LogP contribution in [-0.2, 0) is 0 Å². The van der Waals surface area contributed by atoms with Crippen LogP contribution >= 0.6 is 0 Å². The van der Waals surface area contributed by atoms with Gasteiger partial charge in [-0.05, 0) is 58.3 Å². The fourth-order valence-corrected chi connectivity index (χ4v) is 2.19. The Morgan fingerprint density at radius 3 is 2.64 bits per heavy atom. The first-order chi connectivity index (χ1) is 12.1. The first-order valence-electron chi connectivity index (χ1n) is 8.33. The van der Waals surface area contributed by atoms with Gasteiger partial charge in [-0.2, -0.15) is 0 Å². The van der Waals surface area contributed by atoms with Gasteiger partial charge in [-0.3, -0.25) is 4.79 Å². The lowest BCUT2D eigenvalue weighted by molar-refractivity contribution is 0.102. The number of amides is 1. The monoisotopic (exact) mass is 343 g/mol. The molecule has 1 aromatic heterocycles. The molecule has 1 heterocycles. The van der Waals surface area contributed by atoms with Crippen molar-refractivity contribution in [2.45, 2.75) is 13.3 Å². The topological polar surface area (TPSA) is 79.4 Å². The van der Waals surface area contributed by atoms with Gasteiger partial charge in [0, 0.05) is 18.3 Å². The molecule has 7 nitrogen and oxygen atoms in total. The molecule has 25 heavy (non-hydrogen) atoms. The van der Waals surface area contributed by atoms with Gasteiger partial charge in [-0.15, -0.1) is 0 Å². The molecule has 0 saturated carbocycles. The van der Waals surface area contributed by atoms with E-state index in [1.165, 1.54) is 6.33 Å². The zero-order valence-electron chi connectivity index (χ0n) is 15.0. The summed E-state index contributed by atoms with van der Waals surface area (Å²) in [6.07, 6.45) is 2.38. The summed E-state index contributed by atoms with van der Waals surface area (Å²) < 4.78 is 5.38. The Bertz CT molecular complexity index is 673. The molecule has 134 valence electrons. The number of nitrogens with one attached hydrogen (secondary N) is 2. The molecular weight excluding hydrogens is 318 g/mol. The molecule has 0 saturated heterocycles. The number of ether oxygens (including phenoxy) is 1. The van der Waals surface area contributed by atoms with E-state index in [-0.39, 0.29) is 5.91 Å². The van der Waals surface area contributed by atoms with Crippen molar-refractivity contribution in [2.75, 3.05) is 44.4 Å². The normalized spacial score (nSPS) is 10.6. The Kier molecular flexibility index (Phi) is 7.16. The SMILES string of the molecule is CCOc1ccc(NC(=O)c2cc(NCCCN(C)C)ncn2)cc1. The lowest BCUT2D eigenvalue weighted by Crippen LogP contribution is -2.17. The zero-order valence-corrected chi connectivity index (χ0v) is 15.0. The number of hydrogen-bond acceptors (Lipinski definition) is 6. The molecule has 1 amide bonds. The van der Waals surface area contributed by atoms with Gasteiger partial charge in [0.15, 0.2) is 0 Å². The Hall–Kier alpha value is -2.67. The second kappa shape index (κ2) is 9.58. The minimum atomic E-state index is -0.275. The molecule has 0 fully saturated rings. The van der Waals surface area contributed by atoms with Crippen LogP contribution in [-0.4, -0.2) is 54.6 Å². The van der Waals surface area contributed by atoms with Crippen molar-refractivity contribution < 1.29 is 9.53 Å². The fraction of sp³-hybridized carbons (Fsp3) is 0.389. The van der Waals surface area contributed by atoms with Crippen LogP contribution in [0, 0.1) is 0 Å². The molecule has 2 rings (SSSR count). The van der Waals surface area contributed by atoms with Crippen LogP contribution < -0.4 is 15.4 Å². The van der Waals surface area contributed by atoms with E-state index < -0.39 is 0 Å². The molecule has 2 aromatic rings. The molecule has 1 aromatic carbocycles. The van der Waals surface area contributed by atoms with Crippen LogP contribution in [0.25, 0.3) is 0 Å². The van der Waals surface area contributed by atoms with E-state index in [1.54, 1.807) is 18.2 Å². The van der Waals surface area contributed by atoms with E-state index in [1.807, 2.05) is 33.2 Å². The predicted octanol–water partition coefficient (Wildman–Crippen LogP) is 2.49. The van der Waals surface area contributed by atoms with Crippen molar-refractivity contribution in [3.8, 4) is 5.75 Å². The second-order valence-corrected chi connectivity index (χ2v) is 5.78. The number of benzene rings is 1. The molecule has 0 unspecified atom stereocenters. The van der Waals surface area contributed by atoms with Crippen molar-refractivity contribution in [3.05, 3.63) is 42.4 Å². The first kappa shape index (κ1) is 18.7. The number of nitrogens with zero attached hydrogens (tertiary/aromatic N) is 3. The van der Waals surface area contributed by atoms with Gasteiger partial charge < -0.3 is 20.3 Å². The maximum Gasteiger partial charge on any atom is 0.274 e. The Morgan fingerprint density at radius 2 is 1.96 bits per heavy atom. The largest absolute Gasteiger partial charge is 0.494 e. The molecule has 0 radical (unpaired) electrons. The minimum absolute atomic E-state index is 0.275. The number of rotatable bonds is 9. The maximum absolute atomic E-state index is 12.3. The van der Waals surface area contributed by atoms with Crippen LogP contribution in [0.4, 0.5) is 11.5 Å². The van der Waals surface area contributed by atoms with E-state index in [0.717, 1.165) is 25.3 Å². The summed E-state index contributed by atoms with van der Waals surface area (Å²) in [5, 5.41) is 6.02. The van der Waals surface area contributed by atoms with Crippen molar-refractivity contribution in [1.29, 1.82) is 0 Å². The predicted molar refractivity (Wildman–Crippen MR) is 99.3 cm³/mol. The molecule has 0 spiro atoms. The van der Waals surface area contributed by atoms with Crippen molar-refractivity contribution >= 4 is 17.4 Å². The third-order valence-corrected chi connectivity index (χ3v) is 3.41. The molecular formula is C18H25N5O2. The van der Waals surface area contributed by atoms with Crippen molar-refractivity contribution in [3.63, 3.8) is 0 Å². The number of hydrogen-bond donors (Lipinski definition) is 2. The number of carbonyl (C=O) groups excluding carboxylic acids is 1. The summed E-state index contributed by atoms with van der Waals surface area (Å²) in [4.78, 5) is 22.6. The number of anilines is 2. The lowest BCUT2D eigenvalue weighted by Gasteiger charge is -2.10. The van der Waals surface area contributed by atoms with Gasteiger partial charge in [-0.25, -0.2) is 9.97 Å². The summed E-state index contributed by atoms with van der Waals surface area (Å²) in [6.45, 7) is 4.31. The van der Waals surface area contributed by atoms with Gasteiger partial charge in [0.1, 0.15) is 23.6 Å². The van der Waals surface area contributed by atoms with Gasteiger partial charge >= 0.3 is 0 Å². The Morgan fingerprint density at radius 1 is 1.20 bits per heavy atom. The molecule has 0 bridgehead atoms. The van der Waals surface area contributed by atoms with E-state index in [0.29, 0.717) is 23.8 Å². The minimum Gasteiger partial charge on any atom is -0.494 e. The van der Waals surface area contributed by atoms with Crippen LogP contribution in [0.15, 0.2) is 36.7 Å². The highest BCUT2D eigenvalue weighted by molar-refractivity contribution is 6.03. The van der Waals surface area contributed by atoms with Gasteiger partial charge in [0.2, 0.25) is 0 Å². The highest BCUT2D eigenvalue weighted by Crippen LogP contribution is 2.16.